The minimum Gasteiger partial charge on any atom is -0.490 e. The molecule has 5 aromatic rings. The van der Waals surface area contributed by atoms with Gasteiger partial charge in [0.2, 0.25) is 0 Å². The Labute approximate surface area is 212 Å². The summed E-state index contributed by atoms with van der Waals surface area (Å²) in [5.74, 6) is 1.04. The lowest BCUT2D eigenvalue weighted by atomic mass is 10.1. The second-order valence-corrected chi connectivity index (χ2v) is 10.0. The Hall–Kier alpha value is -3.35. The lowest BCUT2D eigenvalue weighted by Gasteiger charge is -2.14. The number of fused-ring (bicyclic) bond motifs is 3. The lowest BCUT2D eigenvalue weighted by Crippen LogP contribution is -2.22. The molecule has 2 aromatic heterocycles. The molecule has 0 bridgehead atoms. The van der Waals surface area contributed by atoms with Crippen LogP contribution in [0.1, 0.15) is 34.7 Å². The number of hydrogen-bond acceptors (Lipinski definition) is 5. The number of ether oxygens (including phenoxy) is 2. The molecule has 7 heteroatoms. The van der Waals surface area contributed by atoms with Gasteiger partial charge in [-0.15, -0.1) is 0 Å². The summed E-state index contributed by atoms with van der Waals surface area (Å²) in [5.41, 5.74) is 6.86. The summed E-state index contributed by atoms with van der Waals surface area (Å²) in [6.45, 7) is 8.89. The fourth-order valence-electron chi connectivity index (χ4n) is 3.98. The van der Waals surface area contributed by atoms with E-state index in [4.69, 9.17) is 21.1 Å². The van der Waals surface area contributed by atoms with Crippen molar-refractivity contribution >= 4 is 45.0 Å². The summed E-state index contributed by atoms with van der Waals surface area (Å²) >= 11 is 7.98. The minimum absolute atomic E-state index is 0.0930. The average molecular weight is 505 g/mol. The number of rotatable bonds is 6. The summed E-state index contributed by atoms with van der Waals surface area (Å²) < 4.78 is 14.1. The zero-order chi connectivity index (χ0) is 24.7. The van der Waals surface area contributed by atoms with Crippen molar-refractivity contribution in [3.05, 3.63) is 96.3 Å². The van der Waals surface area contributed by atoms with Crippen LogP contribution in [-0.4, -0.2) is 16.0 Å². The molecule has 0 aliphatic heterocycles. The maximum absolute atomic E-state index is 13.3. The van der Waals surface area contributed by atoms with Gasteiger partial charge in [-0.05, 0) is 80.3 Å². The van der Waals surface area contributed by atoms with Crippen molar-refractivity contribution in [2.45, 2.75) is 34.3 Å². The number of nitrogens with zero attached hydrogens (tertiary/aromatic N) is 2. The molecule has 0 aliphatic carbocycles. The Kier molecular flexibility index (Phi) is 6.26. The first-order valence-electron chi connectivity index (χ1n) is 11.4. The molecule has 0 atom stereocenters. The summed E-state index contributed by atoms with van der Waals surface area (Å²) in [4.78, 5) is 18.6. The normalized spacial score (nSPS) is 12.1. The van der Waals surface area contributed by atoms with Crippen LogP contribution in [0.4, 0.5) is 0 Å². The second-order valence-electron chi connectivity index (χ2n) is 8.61. The Morgan fingerprint density at radius 1 is 1.03 bits per heavy atom. The SMILES string of the molecule is CCOc1cc(/C=c2\sc3nc4cc(C)c(C)cc4n3c2=O)cc(Cl)c1OCc1ccc(C)cc1. The highest BCUT2D eigenvalue weighted by atomic mass is 35.5. The number of hydrogen-bond donors (Lipinski definition) is 0. The van der Waals surface area contributed by atoms with E-state index >= 15 is 0 Å². The molecule has 0 fully saturated rings. The number of benzene rings is 3. The fourth-order valence-corrected chi connectivity index (χ4v) is 5.24. The fraction of sp³-hybridized carbons (Fsp3) is 0.214. The molecule has 0 saturated heterocycles. The van der Waals surface area contributed by atoms with Gasteiger partial charge >= 0.3 is 0 Å². The molecule has 0 spiro atoms. The van der Waals surface area contributed by atoms with Crippen LogP contribution in [0.5, 0.6) is 11.5 Å². The van der Waals surface area contributed by atoms with E-state index in [1.807, 2.05) is 76.2 Å². The second kappa shape index (κ2) is 9.36. The first kappa shape index (κ1) is 23.4. The molecule has 5 rings (SSSR count). The molecular formula is C28H25ClN2O3S. The van der Waals surface area contributed by atoms with Crippen molar-refractivity contribution in [3.63, 3.8) is 0 Å². The first-order chi connectivity index (χ1) is 16.8. The molecule has 35 heavy (non-hydrogen) atoms. The third kappa shape index (κ3) is 4.51. The molecule has 0 radical (unpaired) electrons. The third-order valence-corrected chi connectivity index (χ3v) is 7.24. The maximum atomic E-state index is 13.3. The highest BCUT2D eigenvalue weighted by Crippen LogP contribution is 2.37. The molecular weight excluding hydrogens is 480 g/mol. The van der Waals surface area contributed by atoms with E-state index < -0.39 is 0 Å². The van der Waals surface area contributed by atoms with Crippen molar-refractivity contribution in [1.82, 2.24) is 9.38 Å². The number of halogens is 1. The molecule has 3 aromatic carbocycles. The van der Waals surface area contributed by atoms with E-state index in [-0.39, 0.29) is 5.56 Å². The highest BCUT2D eigenvalue weighted by molar-refractivity contribution is 7.15. The largest absolute Gasteiger partial charge is 0.490 e. The van der Waals surface area contributed by atoms with E-state index in [0.29, 0.717) is 39.2 Å². The van der Waals surface area contributed by atoms with Crippen LogP contribution in [0.25, 0.3) is 22.1 Å². The quantitative estimate of drug-likeness (QED) is 0.284. The molecule has 0 unspecified atom stereocenters. The third-order valence-electron chi connectivity index (χ3n) is 5.99. The van der Waals surface area contributed by atoms with E-state index in [9.17, 15) is 4.79 Å². The van der Waals surface area contributed by atoms with E-state index in [1.54, 1.807) is 10.5 Å². The Morgan fingerprint density at radius 3 is 2.51 bits per heavy atom. The van der Waals surface area contributed by atoms with E-state index in [1.165, 1.54) is 16.9 Å². The van der Waals surface area contributed by atoms with Crippen molar-refractivity contribution in [1.29, 1.82) is 0 Å². The topological polar surface area (TPSA) is 52.8 Å². The van der Waals surface area contributed by atoms with E-state index in [2.05, 4.69) is 4.98 Å². The predicted octanol–water partition coefficient (Wildman–Crippen LogP) is 6.01. The number of thiazole rings is 1. The van der Waals surface area contributed by atoms with Crippen LogP contribution in [0.2, 0.25) is 5.02 Å². The van der Waals surface area contributed by atoms with Crippen molar-refractivity contribution in [3.8, 4) is 11.5 Å². The van der Waals surface area contributed by atoms with Gasteiger partial charge in [0.25, 0.3) is 5.56 Å². The monoisotopic (exact) mass is 504 g/mol. The average Bonchev–Trinajstić information content (AvgIpc) is 3.30. The molecule has 178 valence electrons. The standard InChI is InChI=1S/C28H25ClN2O3S/c1-5-33-24-13-20(12-21(29)26(24)34-15-19-8-6-16(2)7-9-19)14-25-27(32)31-23-11-18(4)17(3)10-22(23)30-28(31)35-25/h6-14H,5,15H2,1-4H3/b25-14-. The molecule has 0 aliphatic rings. The van der Waals surface area contributed by atoms with Gasteiger partial charge in [0.1, 0.15) is 6.61 Å². The number of aryl methyl sites for hydroxylation is 3. The first-order valence-corrected chi connectivity index (χ1v) is 12.6. The zero-order valence-corrected chi connectivity index (χ0v) is 21.6. The molecule has 0 N–H and O–H groups in total. The van der Waals surface area contributed by atoms with Crippen molar-refractivity contribution in [2.24, 2.45) is 0 Å². The van der Waals surface area contributed by atoms with Gasteiger partial charge in [0, 0.05) is 0 Å². The Morgan fingerprint density at radius 2 is 1.77 bits per heavy atom. The van der Waals surface area contributed by atoms with Gasteiger partial charge < -0.3 is 9.47 Å². The molecule has 0 amide bonds. The predicted molar refractivity (Wildman–Crippen MR) is 143 cm³/mol. The number of imidazole rings is 1. The van der Waals surface area contributed by atoms with Gasteiger partial charge in [0.05, 0.1) is 27.2 Å². The van der Waals surface area contributed by atoms with Crippen LogP contribution in [0, 0.1) is 20.8 Å². The summed E-state index contributed by atoms with van der Waals surface area (Å²) in [6, 6.07) is 15.8. The zero-order valence-electron chi connectivity index (χ0n) is 20.0. The smallest absolute Gasteiger partial charge is 0.274 e. The van der Waals surface area contributed by atoms with Crippen LogP contribution in [-0.2, 0) is 6.61 Å². The summed E-state index contributed by atoms with van der Waals surface area (Å²) in [5, 5.41) is 0.430. The van der Waals surface area contributed by atoms with Crippen LogP contribution < -0.4 is 19.6 Å². The maximum Gasteiger partial charge on any atom is 0.274 e. The number of aromatic nitrogens is 2. The minimum atomic E-state index is -0.0930. The summed E-state index contributed by atoms with van der Waals surface area (Å²) in [6.07, 6.45) is 1.83. The van der Waals surface area contributed by atoms with Crippen LogP contribution in [0.15, 0.2) is 53.3 Å². The highest BCUT2D eigenvalue weighted by Gasteiger charge is 2.15. The lowest BCUT2D eigenvalue weighted by molar-refractivity contribution is 0.269. The van der Waals surface area contributed by atoms with Gasteiger partial charge in [-0.2, -0.15) is 0 Å². The van der Waals surface area contributed by atoms with Gasteiger partial charge in [-0.3, -0.25) is 4.79 Å². The van der Waals surface area contributed by atoms with Crippen LogP contribution in [0.3, 0.4) is 0 Å². The molecule has 5 nitrogen and oxygen atoms in total. The van der Waals surface area contributed by atoms with Crippen molar-refractivity contribution in [2.75, 3.05) is 6.61 Å². The molecule has 2 heterocycles. The molecule has 0 saturated carbocycles. The van der Waals surface area contributed by atoms with Crippen molar-refractivity contribution < 1.29 is 9.47 Å². The van der Waals surface area contributed by atoms with Crippen LogP contribution >= 0.6 is 22.9 Å². The Balaban J connectivity index is 1.53. The van der Waals surface area contributed by atoms with E-state index in [0.717, 1.165) is 33.3 Å². The van der Waals surface area contributed by atoms with Gasteiger partial charge in [-0.25, -0.2) is 9.38 Å². The van der Waals surface area contributed by atoms with Gasteiger partial charge in [0.15, 0.2) is 16.5 Å². The Bertz CT molecular complexity index is 1670. The summed E-state index contributed by atoms with van der Waals surface area (Å²) in [7, 11) is 0. The van der Waals surface area contributed by atoms with Gasteiger partial charge in [-0.1, -0.05) is 52.8 Å².